The number of benzene rings is 1. The summed E-state index contributed by atoms with van der Waals surface area (Å²) in [5.74, 6) is -0.458. The number of hydrogen-bond donors (Lipinski definition) is 2. The molecule has 0 fully saturated rings. The van der Waals surface area contributed by atoms with Crippen LogP contribution in [0.4, 0.5) is 11.4 Å². The number of nitrogen functional groups attached to an aromatic ring is 1. The lowest BCUT2D eigenvalue weighted by Crippen LogP contribution is -2.27. The van der Waals surface area contributed by atoms with Crippen molar-refractivity contribution < 1.29 is 9.72 Å². The summed E-state index contributed by atoms with van der Waals surface area (Å²) in [4.78, 5) is 26.0. The second-order valence-electron chi connectivity index (χ2n) is 4.20. The lowest BCUT2D eigenvalue weighted by Gasteiger charge is -2.07. The van der Waals surface area contributed by atoms with E-state index in [0.29, 0.717) is 13.1 Å². The van der Waals surface area contributed by atoms with Crippen LogP contribution in [0.15, 0.2) is 30.9 Å². The fraction of sp³-hybridized carbons (Fsp3) is 0.167. The van der Waals surface area contributed by atoms with E-state index in [1.54, 1.807) is 23.3 Å². The van der Waals surface area contributed by atoms with E-state index in [2.05, 4.69) is 10.3 Å². The van der Waals surface area contributed by atoms with Gasteiger partial charge in [0.2, 0.25) is 0 Å². The highest BCUT2D eigenvalue weighted by molar-refractivity contribution is 6.34. The van der Waals surface area contributed by atoms with E-state index < -0.39 is 10.8 Å². The van der Waals surface area contributed by atoms with Gasteiger partial charge in [-0.25, -0.2) is 4.98 Å². The number of rotatable bonds is 5. The molecule has 1 aromatic carbocycles. The summed E-state index contributed by atoms with van der Waals surface area (Å²) in [7, 11) is 0. The minimum atomic E-state index is -0.677. The predicted octanol–water partition coefficient (Wildman–Crippen LogP) is 1.46. The number of aromatic nitrogens is 2. The Bertz CT molecular complexity index is 672. The Labute approximate surface area is 124 Å². The minimum Gasteiger partial charge on any atom is -0.392 e. The maximum Gasteiger partial charge on any atom is 0.294 e. The zero-order valence-corrected chi connectivity index (χ0v) is 11.6. The molecule has 21 heavy (non-hydrogen) atoms. The van der Waals surface area contributed by atoms with Crippen LogP contribution >= 0.6 is 11.6 Å². The van der Waals surface area contributed by atoms with Crippen molar-refractivity contribution in [2.75, 3.05) is 12.3 Å². The largest absolute Gasteiger partial charge is 0.392 e. The number of nitrogens with one attached hydrogen (secondary N) is 1. The molecular weight excluding hydrogens is 298 g/mol. The van der Waals surface area contributed by atoms with Crippen LogP contribution < -0.4 is 11.1 Å². The van der Waals surface area contributed by atoms with E-state index in [-0.39, 0.29) is 22.0 Å². The molecule has 2 rings (SSSR count). The first-order valence-corrected chi connectivity index (χ1v) is 6.34. The zero-order chi connectivity index (χ0) is 15.4. The van der Waals surface area contributed by atoms with Gasteiger partial charge in [0.15, 0.2) is 0 Å². The third kappa shape index (κ3) is 3.48. The number of nitro groups is 1. The number of carbonyl (C=O) groups excluding carboxylic acids is 1. The average Bonchev–Trinajstić information content (AvgIpc) is 2.94. The Balaban J connectivity index is 2.07. The van der Waals surface area contributed by atoms with Crippen molar-refractivity contribution in [1.29, 1.82) is 0 Å². The van der Waals surface area contributed by atoms with Gasteiger partial charge in [-0.15, -0.1) is 0 Å². The monoisotopic (exact) mass is 309 g/mol. The molecule has 3 N–H and O–H groups in total. The summed E-state index contributed by atoms with van der Waals surface area (Å²) in [6.45, 7) is 0.890. The van der Waals surface area contributed by atoms with Gasteiger partial charge in [-0.3, -0.25) is 14.9 Å². The molecular formula is C12H12ClN5O3. The van der Waals surface area contributed by atoms with E-state index in [1.165, 1.54) is 6.07 Å². The number of amides is 1. The molecule has 1 amide bonds. The molecule has 0 radical (unpaired) electrons. The summed E-state index contributed by atoms with van der Waals surface area (Å²) >= 11 is 5.80. The fourth-order valence-corrected chi connectivity index (χ4v) is 1.92. The molecule has 0 saturated heterocycles. The Morgan fingerprint density at radius 2 is 2.29 bits per heavy atom. The van der Waals surface area contributed by atoms with Gasteiger partial charge in [0.25, 0.3) is 11.6 Å². The second-order valence-corrected chi connectivity index (χ2v) is 4.61. The van der Waals surface area contributed by atoms with Crippen LogP contribution in [0.3, 0.4) is 0 Å². The van der Waals surface area contributed by atoms with Gasteiger partial charge in [-0.1, -0.05) is 11.6 Å². The Hall–Kier alpha value is -2.61. The van der Waals surface area contributed by atoms with E-state index in [4.69, 9.17) is 17.3 Å². The van der Waals surface area contributed by atoms with Crippen molar-refractivity contribution >= 4 is 28.9 Å². The summed E-state index contributed by atoms with van der Waals surface area (Å²) < 4.78 is 1.79. The van der Waals surface area contributed by atoms with Crippen LogP contribution in [0.2, 0.25) is 5.02 Å². The first-order chi connectivity index (χ1) is 9.99. The lowest BCUT2D eigenvalue weighted by molar-refractivity contribution is -0.383. The molecule has 0 spiro atoms. The maximum atomic E-state index is 12.0. The molecule has 1 aromatic heterocycles. The van der Waals surface area contributed by atoms with Crippen LogP contribution in [0.5, 0.6) is 0 Å². The smallest absolute Gasteiger partial charge is 0.294 e. The van der Waals surface area contributed by atoms with Crippen LogP contribution in [0.25, 0.3) is 0 Å². The topological polar surface area (TPSA) is 116 Å². The molecule has 0 saturated carbocycles. The highest BCUT2D eigenvalue weighted by Crippen LogP contribution is 2.30. The number of anilines is 1. The highest BCUT2D eigenvalue weighted by Gasteiger charge is 2.19. The fourth-order valence-electron chi connectivity index (χ4n) is 1.71. The summed E-state index contributed by atoms with van der Waals surface area (Å²) in [6.07, 6.45) is 5.01. The summed E-state index contributed by atoms with van der Waals surface area (Å²) in [5.41, 5.74) is 5.05. The molecule has 0 aliphatic rings. The third-order valence-corrected chi connectivity index (χ3v) is 3.09. The van der Waals surface area contributed by atoms with Gasteiger partial charge in [-0.05, 0) is 6.07 Å². The lowest BCUT2D eigenvalue weighted by atomic mass is 10.1. The van der Waals surface area contributed by atoms with Crippen LogP contribution in [-0.2, 0) is 6.54 Å². The van der Waals surface area contributed by atoms with Crippen molar-refractivity contribution in [2.24, 2.45) is 0 Å². The van der Waals surface area contributed by atoms with Crippen LogP contribution in [-0.4, -0.2) is 26.9 Å². The number of nitrogens with zero attached hydrogens (tertiary/aromatic N) is 3. The van der Waals surface area contributed by atoms with Crippen molar-refractivity contribution in [3.8, 4) is 0 Å². The van der Waals surface area contributed by atoms with E-state index >= 15 is 0 Å². The third-order valence-electron chi connectivity index (χ3n) is 2.78. The van der Waals surface area contributed by atoms with Gasteiger partial charge in [0, 0.05) is 37.1 Å². The van der Waals surface area contributed by atoms with Crippen molar-refractivity contribution in [3.63, 3.8) is 0 Å². The molecule has 0 bridgehead atoms. The second kappa shape index (κ2) is 6.23. The number of imidazole rings is 1. The number of nitro benzene ring substituents is 1. The summed E-state index contributed by atoms with van der Waals surface area (Å²) in [6, 6.07) is 2.41. The van der Waals surface area contributed by atoms with E-state index in [0.717, 1.165) is 6.07 Å². The average molecular weight is 310 g/mol. The first-order valence-electron chi connectivity index (χ1n) is 5.96. The maximum absolute atomic E-state index is 12.0. The quantitative estimate of drug-likeness (QED) is 0.492. The van der Waals surface area contributed by atoms with Gasteiger partial charge in [0.05, 0.1) is 16.3 Å². The first kappa shape index (κ1) is 14.8. The van der Waals surface area contributed by atoms with Crippen LogP contribution in [0.1, 0.15) is 10.4 Å². The number of carbonyl (C=O) groups is 1. The Kier molecular flexibility index (Phi) is 4.39. The molecule has 0 atom stereocenters. The molecule has 9 heteroatoms. The van der Waals surface area contributed by atoms with Crippen molar-refractivity contribution in [1.82, 2.24) is 14.9 Å². The van der Waals surface area contributed by atoms with Gasteiger partial charge >= 0.3 is 0 Å². The van der Waals surface area contributed by atoms with Gasteiger partial charge < -0.3 is 15.6 Å². The standard InChI is InChI=1S/C12H12ClN5O3/c13-9-5-8(6-10(11(9)14)18(20)21)12(19)16-2-4-17-3-1-15-7-17/h1,3,5-7H,2,4,14H2,(H,16,19). The summed E-state index contributed by atoms with van der Waals surface area (Å²) in [5, 5.41) is 13.5. The van der Waals surface area contributed by atoms with E-state index in [1.807, 2.05) is 0 Å². The highest BCUT2D eigenvalue weighted by atomic mass is 35.5. The molecule has 0 unspecified atom stereocenters. The number of halogens is 1. The molecule has 1 heterocycles. The van der Waals surface area contributed by atoms with E-state index in [9.17, 15) is 14.9 Å². The SMILES string of the molecule is Nc1c(Cl)cc(C(=O)NCCn2ccnc2)cc1[N+](=O)[O-]. The minimum absolute atomic E-state index is 0.0241. The molecule has 8 nitrogen and oxygen atoms in total. The number of hydrogen-bond acceptors (Lipinski definition) is 5. The Morgan fingerprint density at radius 1 is 1.52 bits per heavy atom. The van der Waals surface area contributed by atoms with Crippen LogP contribution in [0, 0.1) is 10.1 Å². The van der Waals surface area contributed by atoms with Gasteiger partial charge in [-0.2, -0.15) is 0 Å². The molecule has 0 aliphatic carbocycles. The van der Waals surface area contributed by atoms with Crippen molar-refractivity contribution in [2.45, 2.75) is 6.54 Å². The molecule has 0 aliphatic heterocycles. The Morgan fingerprint density at radius 3 is 2.90 bits per heavy atom. The molecule has 110 valence electrons. The normalized spacial score (nSPS) is 10.3. The van der Waals surface area contributed by atoms with Crippen molar-refractivity contribution in [3.05, 3.63) is 51.6 Å². The molecule has 2 aromatic rings. The zero-order valence-electron chi connectivity index (χ0n) is 10.8. The number of nitrogens with two attached hydrogens (primary N) is 1. The van der Waals surface area contributed by atoms with Gasteiger partial charge in [0.1, 0.15) is 5.69 Å². The predicted molar refractivity (Wildman–Crippen MR) is 77.1 cm³/mol.